The maximum atomic E-state index is 14.7. The number of nitrogens with zero attached hydrogens (tertiary/aromatic N) is 4. The molecule has 5 rings (SSSR count). The second-order valence-corrected chi connectivity index (χ2v) is 12.1. The molecule has 2 heterocycles. The highest BCUT2D eigenvalue weighted by Gasteiger charge is 2.35. The zero-order valence-corrected chi connectivity index (χ0v) is 21.7. The first-order valence-electron chi connectivity index (χ1n) is 12.3. The van der Waals surface area contributed by atoms with E-state index in [9.17, 15) is 26.4 Å². The molecule has 0 radical (unpaired) electrons. The Hall–Kier alpha value is -3.38. The van der Waals surface area contributed by atoms with Crippen LogP contribution < -0.4 is 15.2 Å². The van der Waals surface area contributed by atoms with E-state index in [1.54, 1.807) is 43.0 Å². The molecule has 38 heavy (non-hydrogen) atoms. The Morgan fingerprint density at radius 2 is 1.63 bits per heavy atom. The van der Waals surface area contributed by atoms with E-state index in [4.69, 9.17) is 4.74 Å². The Labute approximate surface area is 218 Å². The first-order valence-corrected chi connectivity index (χ1v) is 13.8. The van der Waals surface area contributed by atoms with Crippen LogP contribution in [0.1, 0.15) is 43.7 Å². The van der Waals surface area contributed by atoms with Crippen LogP contribution in [0.4, 0.5) is 18.9 Å². The Kier molecular flexibility index (Phi) is 6.95. The fourth-order valence-corrected chi connectivity index (χ4v) is 6.15. The summed E-state index contributed by atoms with van der Waals surface area (Å²) in [7, 11) is -3.45. The van der Waals surface area contributed by atoms with Crippen molar-refractivity contribution >= 4 is 15.7 Å². The van der Waals surface area contributed by atoms with Gasteiger partial charge in [-0.25, -0.2) is 21.6 Å². The van der Waals surface area contributed by atoms with E-state index in [0.717, 1.165) is 16.8 Å². The summed E-state index contributed by atoms with van der Waals surface area (Å²) in [6, 6.07) is 9.50. The molecule has 3 aromatic rings. The van der Waals surface area contributed by atoms with Gasteiger partial charge >= 0.3 is 5.56 Å². The molecule has 2 aromatic carbocycles. The molecule has 1 aromatic heterocycles. The van der Waals surface area contributed by atoms with Crippen molar-refractivity contribution in [2.75, 3.05) is 31.1 Å². The molecule has 1 aliphatic heterocycles. The zero-order chi connectivity index (χ0) is 27.2. The molecule has 1 fully saturated rings. The van der Waals surface area contributed by atoms with Gasteiger partial charge in [0.05, 0.1) is 17.1 Å². The Morgan fingerprint density at radius 3 is 2.26 bits per heavy atom. The Morgan fingerprint density at radius 1 is 1.00 bits per heavy atom. The van der Waals surface area contributed by atoms with Crippen LogP contribution in [0.15, 0.2) is 53.5 Å². The molecule has 2 aliphatic rings. The Balaban J connectivity index is 1.54. The third-order valence-corrected chi connectivity index (χ3v) is 9.18. The molecule has 12 heteroatoms. The maximum absolute atomic E-state index is 14.7. The van der Waals surface area contributed by atoms with Gasteiger partial charge in [-0.2, -0.15) is 14.1 Å². The number of piperazine rings is 1. The Bertz CT molecular complexity index is 1500. The van der Waals surface area contributed by atoms with Crippen molar-refractivity contribution in [1.82, 2.24) is 14.1 Å². The van der Waals surface area contributed by atoms with Crippen LogP contribution in [-0.2, 0) is 10.0 Å². The van der Waals surface area contributed by atoms with E-state index in [1.807, 2.05) is 0 Å². The largest absolute Gasteiger partial charge is 0.478 e. The van der Waals surface area contributed by atoms with Gasteiger partial charge < -0.3 is 9.64 Å². The highest BCUT2D eigenvalue weighted by molar-refractivity contribution is 7.89. The van der Waals surface area contributed by atoms with Gasteiger partial charge in [0.25, 0.3) is 0 Å². The standard InChI is InChI=1S/C26H27F3N4O4S/c1-16(2)38(35,36)32-9-7-31(8-10-32)23-15-30-33(19-12-17(27)11-18(28)13-19)26(34)25(23)37-24-14-22(29)20-5-3-4-6-21(20)24/h3-6,11-13,15-16,22,24H,7-10,14H2,1-2H3/t22-,24+/m0/s1. The number of hydrogen-bond donors (Lipinski definition) is 0. The first kappa shape index (κ1) is 26.2. The van der Waals surface area contributed by atoms with Crippen LogP contribution in [0.3, 0.4) is 0 Å². The molecule has 8 nitrogen and oxygen atoms in total. The van der Waals surface area contributed by atoms with E-state index < -0.39 is 44.7 Å². The van der Waals surface area contributed by atoms with Gasteiger partial charge in [0.1, 0.15) is 29.6 Å². The number of hydrogen-bond acceptors (Lipinski definition) is 6. The van der Waals surface area contributed by atoms with Crippen LogP contribution in [0.25, 0.3) is 5.69 Å². The average Bonchev–Trinajstić information content (AvgIpc) is 3.20. The van der Waals surface area contributed by atoms with Crippen LogP contribution >= 0.6 is 0 Å². The third kappa shape index (κ3) is 4.78. The SMILES string of the molecule is CC(C)S(=O)(=O)N1CCN(c2cnn(-c3cc(F)cc(F)c3)c(=O)c2O[C@@H]2C[C@H](F)c3ccccc32)CC1. The van der Waals surface area contributed by atoms with Crippen LogP contribution in [0.5, 0.6) is 5.75 Å². The fourth-order valence-electron chi connectivity index (χ4n) is 4.88. The number of sulfonamides is 1. The summed E-state index contributed by atoms with van der Waals surface area (Å²) in [5.74, 6) is -1.92. The molecular formula is C26H27F3N4O4S. The van der Waals surface area contributed by atoms with Crippen molar-refractivity contribution in [3.63, 3.8) is 0 Å². The summed E-state index contributed by atoms with van der Waals surface area (Å²) in [6.45, 7) is 4.13. The number of alkyl halides is 1. The lowest BCUT2D eigenvalue weighted by Crippen LogP contribution is -2.50. The molecule has 0 bridgehead atoms. The van der Waals surface area contributed by atoms with Crippen LogP contribution in [-0.4, -0.2) is 53.9 Å². The summed E-state index contributed by atoms with van der Waals surface area (Å²) in [6.07, 6.45) is -0.698. The lowest BCUT2D eigenvalue weighted by molar-refractivity contribution is 0.171. The van der Waals surface area contributed by atoms with Crippen molar-refractivity contribution < 1.29 is 26.3 Å². The second kappa shape index (κ2) is 10.1. The molecule has 0 N–H and O–H groups in total. The first-order chi connectivity index (χ1) is 18.1. The average molecular weight is 549 g/mol. The summed E-state index contributed by atoms with van der Waals surface area (Å²) in [5, 5.41) is 3.57. The van der Waals surface area contributed by atoms with Crippen molar-refractivity contribution in [3.05, 3.63) is 81.8 Å². The third-order valence-electron chi connectivity index (χ3n) is 6.90. The van der Waals surface area contributed by atoms with E-state index in [1.165, 1.54) is 10.5 Å². The minimum absolute atomic E-state index is 0.00441. The van der Waals surface area contributed by atoms with E-state index in [2.05, 4.69) is 5.10 Å². The highest BCUT2D eigenvalue weighted by atomic mass is 32.2. The van der Waals surface area contributed by atoms with Gasteiger partial charge in [0.15, 0.2) is 0 Å². The molecule has 1 saturated heterocycles. The summed E-state index contributed by atoms with van der Waals surface area (Å²) < 4.78 is 76.2. The van der Waals surface area contributed by atoms with Gasteiger partial charge in [-0.15, -0.1) is 0 Å². The molecule has 202 valence electrons. The van der Waals surface area contributed by atoms with E-state index in [-0.39, 0.29) is 44.0 Å². The second-order valence-electron chi connectivity index (χ2n) is 9.62. The molecular weight excluding hydrogens is 521 g/mol. The number of rotatable bonds is 6. The predicted octanol–water partition coefficient (Wildman–Crippen LogP) is 3.91. The quantitative estimate of drug-likeness (QED) is 0.465. The molecule has 0 amide bonds. The van der Waals surface area contributed by atoms with Gasteiger partial charge in [-0.1, -0.05) is 24.3 Å². The number of ether oxygens (including phenoxy) is 1. The highest BCUT2D eigenvalue weighted by Crippen LogP contribution is 2.44. The number of anilines is 1. The van der Waals surface area contributed by atoms with Gasteiger partial charge in [-0.3, -0.25) is 4.79 Å². The lowest BCUT2D eigenvalue weighted by Gasteiger charge is -2.36. The minimum atomic E-state index is -3.45. The molecule has 0 unspecified atom stereocenters. The fraction of sp³-hybridized carbons (Fsp3) is 0.385. The number of fused-ring (bicyclic) bond motifs is 1. The maximum Gasteiger partial charge on any atom is 0.316 e. The van der Waals surface area contributed by atoms with Crippen molar-refractivity contribution in [2.24, 2.45) is 0 Å². The van der Waals surface area contributed by atoms with Crippen molar-refractivity contribution in [3.8, 4) is 11.4 Å². The lowest BCUT2D eigenvalue weighted by atomic mass is 10.1. The van der Waals surface area contributed by atoms with Gasteiger partial charge in [-0.05, 0) is 37.1 Å². The minimum Gasteiger partial charge on any atom is -0.478 e. The molecule has 0 spiro atoms. The van der Waals surface area contributed by atoms with Crippen LogP contribution in [0.2, 0.25) is 0 Å². The van der Waals surface area contributed by atoms with Crippen molar-refractivity contribution in [2.45, 2.75) is 37.8 Å². The van der Waals surface area contributed by atoms with Crippen LogP contribution in [0, 0.1) is 11.6 Å². The normalized spacial score (nSPS) is 20.1. The number of halogens is 3. The summed E-state index contributed by atoms with van der Waals surface area (Å²) in [4.78, 5) is 15.4. The van der Waals surface area contributed by atoms with E-state index >= 15 is 0 Å². The zero-order valence-electron chi connectivity index (χ0n) is 20.9. The smallest absolute Gasteiger partial charge is 0.316 e. The number of benzene rings is 2. The van der Waals surface area contributed by atoms with E-state index in [0.29, 0.717) is 22.9 Å². The molecule has 2 atom stereocenters. The van der Waals surface area contributed by atoms with Gasteiger partial charge in [0, 0.05) is 38.7 Å². The predicted molar refractivity (Wildman–Crippen MR) is 136 cm³/mol. The molecule has 0 saturated carbocycles. The molecule has 1 aliphatic carbocycles. The topological polar surface area (TPSA) is 84.7 Å². The number of aromatic nitrogens is 2. The van der Waals surface area contributed by atoms with Crippen molar-refractivity contribution in [1.29, 1.82) is 0 Å². The summed E-state index contributed by atoms with van der Waals surface area (Å²) >= 11 is 0. The van der Waals surface area contributed by atoms with Gasteiger partial charge in [0.2, 0.25) is 15.8 Å². The monoisotopic (exact) mass is 548 g/mol. The summed E-state index contributed by atoms with van der Waals surface area (Å²) in [5.41, 5.74) is 0.479.